The van der Waals surface area contributed by atoms with Gasteiger partial charge < -0.3 is 9.67 Å². The summed E-state index contributed by atoms with van der Waals surface area (Å²) in [6, 6.07) is 6.58. The first-order chi connectivity index (χ1) is 8.97. The van der Waals surface area contributed by atoms with Gasteiger partial charge in [-0.1, -0.05) is 17.7 Å². The molecule has 0 radical (unpaired) electrons. The van der Waals surface area contributed by atoms with Gasteiger partial charge in [0.2, 0.25) is 0 Å². The van der Waals surface area contributed by atoms with Crippen LogP contribution in [0.5, 0.6) is 0 Å². The number of carboxylic acids is 1. The zero-order valence-corrected chi connectivity index (χ0v) is 10.4. The Morgan fingerprint density at radius 1 is 1.32 bits per heavy atom. The maximum atomic E-state index is 13.3. The van der Waals surface area contributed by atoms with Crippen LogP contribution in [0.3, 0.4) is 0 Å². The number of hydrogen-bond donors (Lipinski definition) is 1. The van der Waals surface area contributed by atoms with Crippen LogP contribution in [0.4, 0.5) is 4.39 Å². The molecule has 1 aromatic carbocycles. The number of benzene rings is 1. The van der Waals surface area contributed by atoms with Gasteiger partial charge in [0.05, 0.1) is 17.1 Å². The second kappa shape index (κ2) is 5.24. The molecule has 0 amide bonds. The molecule has 0 atom stereocenters. The van der Waals surface area contributed by atoms with Crippen molar-refractivity contribution >= 4 is 17.6 Å². The van der Waals surface area contributed by atoms with Crippen molar-refractivity contribution in [2.75, 3.05) is 0 Å². The summed E-state index contributed by atoms with van der Waals surface area (Å²) in [6.45, 7) is 0.146. The minimum Gasteiger partial charge on any atom is -0.478 e. The van der Waals surface area contributed by atoms with Crippen LogP contribution in [0.2, 0.25) is 5.02 Å². The fraction of sp³-hybridized carbons (Fsp3) is 0.0769. The summed E-state index contributed by atoms with van der Waals surface area (Å²) in [7, 11) is 0. The Kier molecular flexibility index (Phi) is 3.66. The third-order valence-corrected chi connectivity index (χ3v) is 2.89. The quantitative estimate of drug-likeness (QED) is 0.940. The van der Waals surface area contributed by atoms with E-state index in [1.807, 2.05) is 0 Å². The molecule has 1 N–H and O–H groups in total. The van der Waals surface area contributed by atoms with Crippen molar-refractivity contribution in [3.63, 3.8) is 0 Å². The van der Waals surface area contributed by atoms with Crippen molar-refractivity contribution in [3.8, 4) is 0 Å². The molecule has 0 unspecified atom stereocenters. The van der Waals surface area contributed by atoms with Gasteiger partial charge in [-0.2, -0.15) is 0 Å². The van der Waals surface area contributed by atoms with Gasteiger partial charge in [0.15, 0.2) is 0 Å². The Morgan fingerprint density at radius 3 is 2.63 bits per heavy atom. The third kappa shape index (κ3) is 3.00. The lowest BCUT2D eigenvalue weighted by Crippen LogP contribution is -2.20. The molecule has 6 heteroatoms. The van der Waals surface area contributed by atoms with E-state index in [1.165, 1.54) is 29.0 Å². The number of aromatic nitrogens is 1. The molecule has 19 heavy (non-hydrogen) atoms. The highest BCUT2D eigenvalue weighted by atomic mass is 35.5. The van der Waals surface area contributed by atoms with Crippen LogP contribution < -0.4 is 5.56 Å². The summed E-state index contributed by atoms with van der Waals surface area (Å²) in [5, 5.41) is 8.76. The second-order valence-electron chi connectivity index (χ2n) is 3.94. The first-order valence-electron chi connectivity index (χ1n) is 5.35. The smallest absolute Gasteiger partial charge is 0.335 e. The Balaban J connectivity index is 2.31. The lowest BCUT2D eigenvalue weighted by Gasteiger charge is -2.06. The number of pyridine rings is 1. The van der Waals surface area contributed by atoms with Crippen LogP contribution in [0, 0.1) is 5.82 Å². The lowest BCUT2D eigenvalue weighted by atomic mass is 10.2. The minimum absolute atomic E-state index is 0.0114. The lowest BCUT2D eigenvalue weighted by molar-refractivity contribution is 0.0696. The van der Waals surface area contributed by atoms with Crippen molar-refractivity contribution < 1.29 is 14.3 Å². The molecule has 0 saturated heterocycles. The largest absolute Gasteiger partial charge is 0.478 e. The molecule has 1 aromatic heterocycles. The third-order valence-electron chi connectivity index (χ3n) is 2.58. The van der Waals surface area contributed by atoms with E-state index in [-0.39, 0.29) is 17.1 Å². The molecule has 0 bridgehead atoms. The average molecular weight is 282 g/mol. The van der Waals surface area contributed by atoms with E-state index in [0.29, 0.717) is 5.56 Å². The first-order valence-corrected chi connectivity index (χ1v) is 5.73. The summed E-state index contributed by atoms with van der Waals surface area (Å²) in [5.41, 5.74) is 0.0193. The van der Waals surface area contributed by atoms with Crippen LogP contribution >= 0.6 is 11.6 Å². The fourth-order valence-electron chi connectivity index (χ4n) is 1.61. The molecule has 98 valence electrons. The van der Waals surface area contributed by atoms with Crippen molar-refractivity contribution in [2.24, 2.45) is 0 Å². The van der Waals surface area contributed by atoms with Crippen molar-refractivity contribution in [3.05, 3.63) is 68.8 Å². The molecule has 0 spiro atoms. The maximum Gasteiger partial charge on any atom is 0.335 e. The molecule has 0 saturated carbocycles. The number of aromatic carboxylic acids is 1. The molecule has 0 aliphatic rings. The molecular formula is C13H9ClFNO3. The number of nitrogens with zero attached hydrogens (tertiary/aromatic N) is 1. The SMILES string of the molecule is O=C(O)c1ccn(Cc2ccc(Cl)c(F)c2)c(=O)c1. The monoisotopic (exact) mass is 281 g/mol. The predicted octanol–water partition coefficient (Wildman–Crippen LogP) is 2.39. The normalized spacial score (nSPS) is 10.4. The van der Waals surface area contributed by atoms with E-state index in [9.17, 15) is 14.0 Å². The van der Waals surface area contributed by atoms with Gasteiger partial charge in [-0.05, 0) is 23.8 Å². The highest BCUT2D eigenvalue weighted by molar-refractivity contribution is 6.30. The van der Waals surface area contributed by atoms with Crippen molar-refractivity contribution in [1.29, 1.82) is 0 Å². The second-order valence-corrected chi connectivity index (χ2v) is 4.34. The molecule has 0 aliphatic carbocycles. The van der Waals surface area contributed by atoms with Crippen LogP contribution in [0.25, 0.3) is 0 Å². The topological polar surface area (TPSA) is 59.3 Å². The van der Waals surface area contributed by atoms with Gasteiger partial charge in [-0.15, -0.1) is 0 Å². The zero-order chi connectivity index (χ0) is 14.0. The van der Waals surface area contributed by atoms with Crippen LogP contribution in [0.15, 0.2) is 41.3 Å². The summed E-state index contributed by atoms with van der Waals surface area (Å²) in [6.07, 6.45) is 1.36. The Labute approximate surface area is 112 Å². The summed E-state index contributed by atoms with van der Waals surface area (Å²) < 4.78 is 14.5. The van der Waals surface area contributed by atoms with Crippen LogP contribution in [0.1, 0.15) is 15.9 Å². The van der Waals surface area contributed by atoms with Crippen molar-refractivity contribution in [1.82, 2.24) is 4.57 Å². The Hall–Kier alpha value is -2.14. The summed E-state index contributed by atoms with van der Waals surface area (Å²) in [4.78, 5) is 22.4. The fourth-order valence-corrected chi connectivity index (χ4v) is 1.72. The van der Waals surface area contributed by atoms with Gasteiger partial charge >= 0.3 is 5.97 Å². The molecule has 1 heterocycles. The molecule has 2 rings (SSSR count). The molecular weight excluding hydrogens is 273 g/mol. The van der Waals surface area contributed by atoms with E-state index >= 15 is 0 Å². The Morgan fingerprint density at radius 2 is 2.05 bits per heavy atom. The van der Waals surface area contributed by atoms with Gasteiger partial charge in [-0.3, -0.25) is 4.79 Å². The van der Waals surface area contributed by atoms with Gasteiger partial charge in [0.25, 0.3) is 5.56 Å². The zero-order valence-electron chi connectivity index (χ0n) is 9.64. The predicted molar refractivity (Wildman–Crippen MR) is 68.2 cm³/mol. The van der Waals surface area contributed by atoms with E-state index in [0.717, 1.165) is 6.07 Å². The summed E-state index contributed by atoms with van der Waals surface area (Å²) >= 11 is 5.56. The summed E-state index contributed by atoms with van der Waals surface area (Å²) in [5.74, 6) is -1.73. The number of carboxylic acid groups (broad SMARTS) is 1. The van der Waals surface area contributed by atoms with Gasteiger partial charge in [0.1, 0.15) is 5.82 Å². The molecule has 2 aromatic rings. The maximum absolute atomic E-state index is 13.3. The molecule has 0 aliphatic heterocycles. The van der Waals surface area contributed by atoms with E-state index in [1.54, 1.807) is 6.07 Å². The van der Waals surface area contributed by atoms with Crippen LogP contribution in [-0.4, -0.2) is 15.6 Å². The van der Waals surface area contributed by atoms with E-state index in [2.05, 4.69) is 0 Å². The molecule has 0 fully saturated rings. The first kappa shape index (κ1) is 13.3. The number of carbonyl (C=O) groups is 1. The van der Waals surface area contributed by atoms with Gasteiger partial charge in [-0.25, -0.2) is 9.18 Å². The molecule has 4 nitrogen and oxygen atoms in total. The number of hydrogen-bond acceptors (Lipinski definition) is 2. The highest BCUT2D eigenvalue weighted by Crippen LogP contribution is 2.15. The highest BCUT2D eigenvalue weighted by Gasteiger charge is 2.06. The van der Waals surface area contributed by atoms with Crippen molar-refractivity contribution in [2.45, 2.75) is 6.54 Å². The standard InChI is InChI=1S/C13H9ClFNO3/c14-10-2-1-8(5-11(10)15)7-16-4-3-9(13(18)19)6-12(16)17/h1-6H,7H2,(H,18,19). The van der Waals surface area contributed by atoms with E-state index < -0.39 is 17.3 Å². The van der Waals surface area contributed by atoms with Crippen LogP contribution in [-0.2, 0) is 6.54 Å². The number of halogens is 2. The van der Waals surface area contributed by atoms with E-state index in [4.69, 9.17) is 16.7 Å². The number of rotatable bonds is 3. The average Bonchev–Trinajstić information content (AvgIpc) is 2.36. The minimum atomic E-state index is -1.17. The Bertz CT molecular complexity index is 697. The van der Waals surface area contributed by atoms with Gasteiger partial charge in [0, 0.05) is 12.3 Å².